The molecule has 0 spiro atoms. The Labute approximate surface area is 82.3 Å². The van der Waals surface area contributed by atoms with Crippen molar-refractivity contribution in [1.29, 1.82) is 0 Å². The van der Waals surface area contributed by atoms with E-state index >= 15 is 0 Å². The fourth-order valence-corrected chi connectivity index (χ4v) is 3.04. The molecular weight excluding hydrogens is 188 g/mol. The van der Waals surface area contributed by atoms with E-state index < -0.39 is 0 Å². The molecule has 0 N–H and O–H groups in total. The first-order valence-corrected chi connectivity index (χ1v) is 5.73. The molecule has 1 aromatic rings. The Bertz CT molecular complexity index is 269. The van der Waals surface area contributed by atoms with Gasteiger partial charge in [-0.2, -0.15) is 0 Å². The Morgan fingerprint density at radius 2 is 2.33 bits per heavy atom. The Balaban J connectivity index is 2.44. The van der Waals surface area contributed by atoms with E-state index in [9.17, 15) is 0 Å². The van der Waals surface area contributed by atoms with Crippen molar-refractivity contribution in [3.63, 3.8) is 0 Å². The quantitative estimate of drug-likeness (QED) is 0.623. The standard InChI is InChI=1S/C10H11ClS/c11-7-9-4-1-3-8-5-2-6-12-10(8)9/h1,3-4H,2,5-7H2. The molecular formula is C10H11ClS. The van der Waals surface area contributed by atoms with Gasteiger partial charge in [0.15, 0.2) is 0 Å². The summed E-state index contributed by atoms with van der Waals surface area (Å²) in [4.78, 5) is 1.44. The molecule has 0 unspecified atom stereocenters. The molecule has 12 heavy (non-hydrogen) atoms. The van der Waals surface area contributed by atoms with Gasteiger partial charge in [-0.05, 0) is 29.7 Å². The average molecular weight is 199 g/mol. The summed E-state index contributed by atoms with van der Waals surface area (Å²) in [6, 6.07) is 6.46. The first kappa shape index (κ1) is 8.46. The van der Waals surface area contributed by atoms with Crippen LogP contribution in [0.5, 0.6) is 0 Å². The highest BCUT2D eigenvalue weighted by Gasteiger charge is 2.12. The van der Waals surface area contributed by atoms with Crippen LogP contribution in [0.2, 0.25) is 0 Å². The zero-order valence-electron chi connectivity index (χ0n) is 6.85. The molecule has 0 saturated heterocycles. The minimum Gasteiger partial charge on any atom is -0.126 e. The fourth-order valence-electron chi connectivity index (χ4n) is 1.56. The van der Waals surface area contributed by atoms with Crippen molar-refractivity contribution < 1.29 is 0 Å². The molecule has 0 nitrogen and oxygen atoms in total. The minimum absolute atomic E-state index is 0.649. The van der Waals surface area contributed by atoms with Crippen LogP contribution in [0.4, 0.5) is 0 Å². The zero-order valence-corrected chi connectivity index (χ0v) is 8.42. The van der Waals surface area contributed by atoms with E-state index in [1.807, 2.05) is 11.8 Å². The summed E-state index contributed by atoms with van der Waals surface area (Å²) >= 11 is 7.81. The second kappa shape index (κ2) is 3.71. The van der Waals surface area contributed by atoms with Crippen molar-refractivity contribution >= 4 is 23.4 Å². The Morgan fingerprint density at radius 3 is 3.17 bits per heavy atom. The fraction of sp³-hybridized carbons (Fsp3) is 0.400. The predicted octanol–water partition coefficient (Wildman–Crippen LogP) is 3.46. The monoisotopic (exact) mass is 198 g/mol. The van der Waals surface area contributed by atoms with Crippen molar-refractivity contribution in [1.82, 2.24) is 0 Å². The highest BCUT2D eigenvalue weighted by atomic mass is 35.5. The third kappa shape index (κ3) is 1.48. The Kier molecular flexibility index (Phi) is 2.62. The molecule has 1 heterocycles. The SMILES string of the molecule is ClCc1cccc2c1SCCC2. The van der Waals surface area contributed by atoms with Gasteiger partial charge in [-0.15, -0.1) is 23.4 Å². The zero-order chi connectivity index (χ0) is 8.39. The van der Waals surface area contributed by atoms with Crippen LogP contribution in [0.3, 0.4) is 0 Å². The smallest absolute Gasteiger partial charge is 0.0485 e. The molecule has 1 aliphatic heterocycles. The summed E-state index contributed by atoms with van der Waals surface area (Å²) in [5.41, 5.74) is 2.79. The lowest BCUT2D eigenvalue weighted by molar-refractivity contribution is 0.882. The van der Waals surface area contributed by atoms with Crippen LogP contribution in [0.25, 0.3) is 0 Å². The van der Waals surface area contributed by atoms with E-state index in [4.69, 9.17) is 11.6 Å². The molecule has 1 aliphatic rings. The summed E-state index contributed by atoms with van der Waals surface area (Å²) in [7, 11) is 0. The lowest BCUT2D eigenvalue weighted by Gasteiger charge is -2.17. The van der Waals surface area contributed by atoms with Crippen LogP contribution >= 0.6 is 23.4 Å². The third-order valence-electron chi connectivity index (χ3n) is 2.16. The molecule has 0 aliphatic carbocycles. The van der Waals surface area contributed by atoms with Gasteiger partial charge in [0.1, 0.15) is 0 Å². The Hall–Kier alpha value is -0.140. The molecule has 0 atom stereocenters. The van der Waals surface area contributed by atoms with Crippen molar-refractivity contribution in [3.05, 3.63) is 29.3 Å². The number of aryl methyl sites for hydroxylation is 1. The number of fused-ring (bicyclic) bond motifs is 1. The average Bonchev–Trinajstić information content (AvgIpc) is 2.17. The maximum atomic E-state index is 5.85. The summed E-state index contributed by atoms with van der Waals surface area (Å²) in [6.07, 6.45) is 2.54. The minimum atomic E-state index is 0.649. The lowest BCUT2D eigenvalue weighted by Crippen LogP contribution is -2.00. The van der Waals surface area contributed by atoms with E-state index in [1.165, 1.54) is 34.6 Å². The first-order chi connectivity index (χ1) is 5.92. The van der Waals surface area contributed by atoms with E-state index in [0.717, 1.165) is 0 Å². The molecule has 0 fully saturated rings. The largest absolute Gasteiger partial charge is 0.126 e. The van der Waals surface area contributed by atoms with E-state index in [2.05, 4.69) is 18.2 Å². The van der Waals surface area contributed by atoms with Gasteiger partial charge in [-0.1, -0.05) is 18.2 Å². The summed E-state index contributed by atoms with van der Waals surface area (Å²) < 4.78 is 0. The van der Waals surface area contributed by atoms with Crippen molar-refractivity contribution in [2.45, 2.75) is 23.6 Å². The lowest BCUT2D eigenvalue weighted by atomic mass is 10.1. The summed E-state index contributed by atoms with van der Waals surface area (Å²) in [5, 5.41) is 0. The molecule has 2 heteroatoms. The summed E-state index contributed by atoms with van der Waals surface area (Å²) in [5.74, 6) is 1.90. The van der Waals surface area contributed by atoms with Gasteiger partial charge < -0.3 is 0 Å². The van der Waals surface area contributed by atoms with E-state index in [-0.39, 0.29) is 0 Å². The molecule has 0 aromatic heterocycles. The van der Waals surface area contributed by atoms with Crippen LogP contribution in [0, 0.1) is 0 Å². The molecule has 64 valence electrons. The van der Waals surface area contributed by atoms with Crippen molar-refractivity contribution in [3.8, 4) is 0 Å². The third-order valence-corrected chi connectivity index (χ3v) is 3.75. The maximum Gasteiger partial charge on any atom is 0.0485 e. The second-order valence-electron chi connectivity index (χ2n) is 2.99. The van der Waals surface area contributed by atoms with Crippen LogP contribution in [-0.4, -0.2) is 5.75 Å². The molecule has 0 bridgehead atoms. The molecule has 2 rings (SSSR count). The molecule has 0 radical (unpaired) electrons. The van der Waals surface area contributed by atoms with E-state index in [1.54, 1.807) is 0 Å². The normalized spacial score (nSPS) is 15.8. The molecule has 0 amide bonds. The summed E-state index contributed by atoms with van der Waals surface area (Å²) in [6.45, 7) is 0. The van der Waals surface area contributed by atoms with Crippen molar-refractivity contribution in [2.24, 2.45) is 0 Å². The second-order valence-corrected chi connectivity index (χ2v) is 4.36. The number of hydrogen-bond acceptors (Lipinski definition) is 1. The number of thioether (sulfide) groups is 1. The van der Waals surface area contributed by atoms with Crippen LogP contribution in [-0.2, 0) is 12.3 Å². The van der Waals surface area contributed by atoms with Crippen molar-refractivity contribution in [2.75, 3.05) is 5.75 Å². The number of halogens is 1. The number of alkyl halides is 1. The number of benzene rings is 1. The van der Waals surface area contributed by atoms with Gasteiger partial charge >= 0.3 is 0 Å². The molecule has 0 saturated carbocycles. The van der Waals surface area contributed by atoms with Gasteiger partial charge in [0, 0.05) is 10.8 Å². The Morgan fingerprint density at radius 1 is 1.42 bits per heavy atom. The van der Waals surface area contributed by atoms with Gasteiger partial charge in [0.25, 0.3) is 0 Å². The maximum absolute atomic E-state index is 5.85. The van der Waals surface area contributed by atoms with E-state index in [0.29, 0.717) is 5.88 Å². The highest BCUT2D eigenvalue weighted by molar-refractivity contribution is 7.99. The van der Waals surface area contributed by atoms with Gasteiger partial charge in [0.2, 0.25) is 0 Å². The topological polar surface area (TPSA) is 0 Å². The predicted molar refractivity (Wildman–Crippen MR) is 55.0 cm³/mol. The van der Waals surface area contributed by atoms with Gasteiger partial charge in [0.05, 0.1) is 0 Å². The first-order valence-electron chi connectivity index (χ1n) is 4.21. The van der Waals surface area contributed by atoms with Crippen LogP contribution < -0.4 is 0 Å². The highest BCUT2D eigenvalue weighted by Crippen LogP contribution is 2.33. The van der Waals surface area contributed by atoms with Crippen LogP contribution in [0.1, 0.15) is 17.5 Å². The van der Waals surface area contributed by atoms with Gasteiger partial charge in [-0.25, -0.2) is 0 Å². The number of rotatable bonds is 1. The van der Waals surface area contributed by atoms with Gasteiger partial charge in [-0.3, -0.25) is 0 Å². The van der Waals surface area contributed by atoms with Crippen LogP contribution in [0.15, 0.2) is 23.1 Å². The number of hydrogen-bond donors (Lipinski definition) is 0. The molecule has 1 aromatic carbocycles.